The van der Waals surface area contributed by atoms with Gasteiger partial charge >= 0.3 is 5.97 Å². The van der Waals surface area contributed by atoms with E-state index in [1.807, 2.05) is 36.4 Å². The van der Waals surface area contributed by atoms with Gasteiger partial charge in [-0.05, 0) is 101 Å². The van der Waals surface area contributed by atoms with E-state index >= 15 is 0 Å². The van der Waals surface area contributed by atoms with Gasteiger partial charge in [-0.2, -0.15) is 0 Å². The van der Waals surface area contributed by atoms with Crippen LogP contribution in [0.15, 0.2) is 60.7 Å². The molecule has 202 valence electrons. The van der Waals surface area contributed by atoms with Gasteiger partial charge in [-0.15, -0.1) is 0 Å². The number of carboxylic acids is 1. The number of rotatable bonds is 11. The van der Waals surface area contributed by atoms with Crippen molar-refractivity contribution in [3.8, 4) is 0 Å². The molecule has 2 atom stereocenters. The molecule has 0 spiro atoms. The summed E-state index contributed by atoms with van der Waals surface area (Å²) in [5.74, 6) is 1.78. The summed E-state index contributed by atoms with van der Waals surface area (Å²) in [7, 11) is 0. The monoisotopic (exact) mass is 504 g/mol. The van der Waals surface area contributed by atoms with E-state index in [0.29, 0.717) is 6.04 Å². The van der Waals surface area contributed by atoms with Gasteiger partial charge < -0.3 is 10.0 Å². The fourth-order valence-electron chi connectivity index (χ4n) is 6.25. The Labute approximate surface area is 225 Å². The first-order chi connectivity index (χ1) is 18.0. The number of aliphatic carboxylic acids is 1. The Morgan fingerprint density at radius 1 is 0.865 bits per heavy atom. The fraction of sp³-hybridized carbons (Fsp3) is 0.606. The molecule has 1 heterocycles. The number of aryl methyl sites for hydroxylation is 2. The summed E-state index contributed by atoms with van der Waals surface area (Å²) in [6, 6.07) is 21.5. The maximum atomic E-state index is 11.3. The number of piperidine rings is 1. The average Bonchev–Trinajstić information content (AvgIpc) is 3.61. The minimum atomic E-state index is -0.659. The Kier molecular flexibility index (Phi) is 11.1. The van der Waals surface area contributed by atoms with Crippen LogP contribution in [-0.4, -0.2) is 59.6 Å². The molecular weight excluding hydrogens is 456 g/mol. The maximum Gasteiger partial charge on any atom is 0.317 e. The molecule has 1 N–H and O–H groups in total. The summed E-state index contributed by atoms with van der Waals surface area (Å²) in [5.41, 5.74) is 2.83. The first-order valence-corrected chi connectivity index (χ1v) is 14.8. The van der Waals surface area contributed by atoms with Crippen molar-refractivity contribution in [1.29, 1.82) is 0 Å². The third-order valence-corrected chi connectivity index (χ3v) is 8.65. The first kappa shape index (κ1) is 27.9. The second-order valence-electron chi connectivity index (χ2n) is 11.9. The summed E-state index contributed by atoms with van der Waals surface area (Å²) in [5, 5.41) is 9.32. The number of hydrogen-bond acceptors (Lipinski definition) is 3. The molecule has 0 amide bonds. The summed E-state index contributed by atoms with van der Waals surface area (Å²) in [6.07, 6.45) is 12.9. The van der Waals surface area contributed by atoms with Gasteiger partial charge in [-0.3, -0.25) is 9.69 Å². The zero-order chi connectivity index (χ0) is 25.9. The normalized spacial score (nSPS) is 22.5. The van der Waals surface area contributed by atoms with Crippen LogP contribution in [-0.2, 0) is 11.2 Å². The van der Waals surface area contributed by atoms with E-state index in [1.54, 1.807) is 0 Å². The van der Waals surface area contributed by atoms with Gasteiger partial charge in [0.05, 0.1) is 6.54 Å². The van der Waals surface area contributed by atoms with Crippen molar-refractivity contribution in [2.75, 3.05) is 32.7 Å². The topological polar surface area (TPSA) is 43.8 Å². The molecule has 3 aliphatic rings. The van der Waals surface area contributed by atoms with Crippen molar-refractivity contribution in [1.82, 2.24) is 9.80 Å². The van der Waals surface area contributed by atoms with Gasteiger partial charge in [-0.25, -0.2) is 0 Å². The number of carbonyl (C=O) groups is 1. The lowest BCUT2D eigenvalue weighted by atomic mass is 9.90. The van der Waals surface area contributed by atoms with Crippen LogP contribution in [0.4, 0.5) is 0 Å². The van der Waals surface area contributed by atoms with E-state index in [4.69, 9.17) is 0 Å². The van der Waals surface area contributed by atoms with Crippen LogP contribution in [0, 0.1) is 24.7 Å². The van der Waals surface area contributed by atoms with E-state index in [0.717, 1.165) is 24.3 Å². The number of benzene rings is 2. The zero-order valence-electron chi connectivity index (χ0n) is 22.9. The highest BCUT2D eigenvalue weighted by Gasteiger charge is 2.34. The number of carboxylic acid groups (broad SMARTS) is 1. The maximum absolute atomic E-state index is 11.3. The first-order valence-electron chi connectivity index (χ1n) is 14.8. The Balaban J connectivity index is 0.000000469. The largest absolute Gasteiger partial charge is 0.480 e. The lowest BCUT2D eigenvalue weighted by Crippen LogP contribution is -2.40. The molecule has 2 aliphatic carbocycles. The third-order valence-electron chi connectivity index (χ3n) is 8.65. The van der Waals surface area contributed by atoms with Gasteiger partial charge in [0.2, 0.25) is 0 Å². The second kappa shape index (κ2) is 14.7. The number of likely N-dealkylation sites (tertiary alicyclic amines) is 1. The molecule has 2 saturated carbocycles. The lowest BCUT2D eigenvalue weighted by Gasteiger charge is -2.34. The Bertz CT molecular complexity index is 877. The van der Waals surface area contributed by atoms with Gasteiger partial charge in [0.25, 0.3) is 0 Å². The van der Waals surface area contributed by atoms with E-state index in [-0.39, 0.29) is 6.54 Å². The second-order valence-corrected chi connectivity index (χ2v) is 11.9. The molecule has 1 aliphatic heterocycles. The molecule has 37 heavy (non-hydrogen) atoms. The molecular formula is C33H48N2O2. The van der Waals surface area contributed by atoms with Crippen molar-refractivity contribution >= 4 is 5.97 Å². The smallest absolute Gasteiger partial charge is 0.317 e. The summed E-state index contributed by atoms with van der Waals surface area (Å²) >= 11 is 0. The minimum Gasteiger partial charge on any atom is -0.480 e. The zero-order valence-corrected chi connectivity index (χ0v) is 22.9. The third kappa shape index (κ3) is 10.2. The van der Waals surface area contributed by atoms with Crippen LogP contribution in [0.2, 0.25) is 0 Å². The Hall–Kier alpha value is -2.17. The molecule has 3 fully saturated rings. The van der Waals surface area contributed by atoms with Crippen LogP contribution < -0.4 is 0 Å². The Morgan fingerprint density at radius 3 is 2.08 bits per heavy atom. The van der Waals surface area contributed by atoms with Gasteiger partial charge in [0.15, 0.2) is 0 Å². The molecule has 2 unspecified atom stereocenters. The molecule has 2 aromatic rings. The minimum absolute atomic E-state index is 0.238. The molecule has 5 rings (SSSR count). The van der Waals surface area contributed by atoms with Crippen LogP contribution in [0.25, 0.3) is 0 Å². The van der Waals surface area contributed by atoms with E-state index < -0.39 is 5.97 Å². The lowest BCUT2D eigenvalue weighted by molar-refractivity contribution is -0.139. The fourth-order valence-corrected chi connectivity index (χ4v) is 6.25. The highest BCUT2D eigenvalue weighted by Crippen LogP contribution is 2.35. The van der Waals surface area contributed by atoms with Crippen molar-refractivity contribution in [2.45, 2.75) is 77.2 Å². The van der Waals surface area contributed by atoms with Crippen LogP contribution in [0.1, 0.15) is 68.9 Å². The molecule has 2 aromatic carbocycles. The SMILES string of the molecule is Cc1ccc(CCCC2CCN(CC3CCC(N(CC(=O)O)CC4CC4)C3)CC2)cc1.c1ccccc1. The molecule has 4 nitrogen and oxygen atoms in total. The molecule has 0 radical (unpaired) electrons. The quantitative estimate of drug-likeness (QED) is 0.371. The standard InChI is InChI=1S/C27H42N2O2.C6H6/c1-21-5-7-22(8-6-21)3-2-4-23-13-15-28(16-14-23)18-25-11-12-26(17-25)29(20-27(30)31)19-24-9-10-24;1-2-4-6-5-3-1/h5-8,23-26H,2-4,9-20H2,1H3,(H,30,31);1-6H. The van der Waals surface area contributed by atoms with Crippen molar-refractivity contribution in [3.05, 3.63) is 71.8 Å². The van der Waals surface area contributed by atoms with Gasteiger partial charge in [0, 0.05) is 19.1 Å². The molecule has 0 aromatic heterocycles. The molecule has 1 saturated heterocycles. The number of hydrogen-bond donors (Lipinski definition) is 1. The van der Waals surface area contributed by atoms with Gasteiger partial charge in [0.1, 0.15) is 0 Å². The summed E-state index contributed by atoms with van der Waals surface area (Å²) in [4.78, 5) is 16.3. The average molecular weight is 505 g/mol. The van der Waals surface area contributed by atoms with Crippen LogP contribution in [0.3, 0.4) is 0 Å². The number of nitrogens with zero attached hydrogens (tertiary/aromatic N) is 2. The summed E-state index contributed by atoms with van der Waals surface area (Å²) < 4.78 is 0. The summed E-state index contributed by atoms with van der Waals surface area (Å²) in [6.45, 7) is 7.16. The highest BCUT2D eigenvalue weighted by molar-refractivity contribution is 5.69. The van der Waals surface area contributed by atoms with Crippen molar-refractivity contribution in [3.63, 3.8) is 0 Å². The van der Waals surface area contributed by atoms with Crippen LogP contribution >= 0.6 is 0 Å². The Morgan fingerprint density at radius 2 is 1.49 bits per heavy atom. The van der Waals surface area contributed by atoms with Gasteiger partial charge in [-0.1, -0.05) is 72.6 Å². The molecule has 4 heteroatoms. The highest BCUT2D eigenvalue weighted by atomic mass is 16.4. The van der Waals surface area contributed by atoms with Crippen LogP contribution in [0.5, 0.6) is 0 Å². The van der Waals surface area contributed by atoms with E-state index in [1.165, 1.54) is 95.0 Å². The van der Waals surface area contributed by atoms with Crippen molar-refractivity contribution < 1.29 is 9.90 Å². The van der Waals surface area contributed by atoms with E-state index in [9.17, 15) is 9.90 Å². The molecule has 0 bridgehead atoms. The predicted octanol–water partition coefficient (Wildman–Crippen LogP) is 6.68. The predicted molar refractivity (Wildman–Crippen MR) is 153 cm³/mol. The van der Waals surface area contributed by atoms with Crippen molar-refractivity contribution in [2.24, 2.45) is 17.8 Å². The van der Waals surface area contributed by atoms with E-state index in [2.05, 4.69) is 41.0 Å².